The van der Waals surface area contributed by atoms with Crippen molar-refractivity contribution in [2.24, 2.45) is 0 Å². The summed E-state index contributed by atoms with van der Waals surface area (Å²) >= 11 is 0. The summed E-state index contributed by atoms with van der Waals surface area (Å²) in [6.07, 6.45) is 0. The molecule has 1 N–H and O–H groups in total. The maximum Gasteiger partial charge on any atom is 0.300 e. The number of ether oxygens (including phenoxy) is 2. The number of hydrogen-bond donors (Lipinski definition) is 1. The van der Waals surface area contributed by atoms with E-state index in [2.05, 4.69) is 0 Å². The molecule has 1 amide bonds. The molecular weight excluding hydrogens is 425 g/mol. The minimum Gasteiger partial charge on any atom is -0.507 e. The maximum atomic E-state index is 13.7. The number of nitrogens with zero attached hydrogens (tertiary/aromatic N) is 1. The fourth-order valence-electron chi connectivity index (χ4n) is 3.98. The van der Waals surface area contributed by atoms with E-state index in [1.54, 1.807) is 36.4 Å². The number of anilines is 1. The van der Waals surface area contributed by atoms with E-state index < -0.39 is 29.3 Å². The maximum absolute atomic E-state index is 13.7. The Labute approximate surface area is 190 Å². The number of amides is 1. The Bertz CT molecular complexity index is 1270. The Hall–Kier alpha value is -4.13. The third kappa shape index (κ3) is 3.93. The Kier molecular flexibility index (Phi) is 5.87. The van der Waals surface area contributed by atoms with Crippen LogP contribution in [0, 0.1) is 12.7 Å². The van der Waals surface area contributed by atoms with Gasteiger partial charge in [0.1, 0.15) is 23.1 Å². The lowest BCUT2D eigenvalue weighted by atomic mass is 9.94. The van der Waals surface area contributed by atoms with Gasteiger partial charge in [0.15, 0.2) is 0 Å². The van der Waals surface area contributed by atoms with Gasteiger partial charge >= 0.3 is 0 Å². The van der Waals surface area contributed by atoms with Crippen molar-refractivity contribution in [3.8, 4) is 11.5 Å². The van der Waals surface area contributed by atoms with Crippen LogP contribution in [0.25, 0.3) is 5.76 Å². The molecule has 1 fully saturated rings. The van der Waals surface area contributed by atoms with Crippen molar-refractivity contribution in [1.29, 1.82) is 0 Å². The molecule has 1 atom stereocenters. The Morgan fingerprint density at radius 2 is 1.70 bits per heavy atom. The molecule has 0 radical (unpaired) electrons. The first kappa shape index (κ1) is 22.1. The van der Waals surface area contributed by atoms with Gasteiger partial charge in [0.2, 0.25) is 0 Å². The van der Waals surface area contributed by atoms with Gasteiger partial charge in [0, 0.05) is 11.8 Å². The molecule has 0 aromatic heterocycles. The SMILES string of the molecule is COc1ccc(/C(O)=C2/C(=O)C(=O)N(c3cccc(C)c3)C2c2ccc(F)cc2)c(OC)c1. The van der Waals surface area contributed by atoms with Crippen LogP contribution in [0.1, 0.15) is 22.7 Å². The molecule has 7 heteroatoms. The van der Waals surface area contributed by atoms with Gasteiger partial charge in [0.05, 0.1) is 31.4 Å². The van der Waals surface area contributed by atoms with E-state index in [1.165, 1.54) is 43.4 Å². The zero-order valence-corrected chi connectivity index (χ0v) is 18.3. The van der Waals surface area contributed by atoms with E-state index in [0.717, 1.165) is 5.56 Å². The first-order valence-electron chi connectivity index (χ1n) is 10.2. The van der Waals surface area contributed by atoms with Gasteiger partial charge < -0.3 is 14.6 Å². The van der Waals surface area contributed by atoms with Crippen molar-refractivity contribution in [3.05, 3.63) is 94.8 Å². The lowest BCUT2D eigenvalue weighted by Crippen LogP contribution is -2.29. The van der Waals surface area contributed by atoms with Gasteiger partial charge in [-0.3, -0.25) is 14.5 Å². The number of halogens is 1. The van der Waals surface area contributed by atoms with Crippen LogP contribution in [0.3, 0.4) is 0 Å². The van der Waals surface area contributed by atoms with Crippen molar-refractivity contribution < 1.29 is 28.6 Å². The molecule has 3 aromatic carbocycles. The number of carbonyl (C=O) groups excluding carboxylic acids is 2. The Morgan fingerprint density at radius 3 is 2.33 bits per heavy atom. The van der Waals surface area contributed by atoms with Crippen LogP contribution in [-0.2, 0) is 9.59 Å². The lowest BCUT2D eigenvalue weighted by molar-refractivity contribution is -0.132. The van der Waals surface area contributed by atoms with Crippen LogP contribution in [0.2, 0.25) is 0 Å². The minimum absolute atomic E-state index is 0.114. The number of methoxy groups -OCH3 is 2. The highest BCUT2D eigenvalue weighted by molar-refractivity contribution is 6.51. The van der Waals surface area contributed by atoms with Gasteiger partial charge in [0.25, 0.3) is 11.7 Å². The second-order valence-corrected chi connectivity index (χ2v) is 7.63. The second kappa shape index (κ2) is 8.78. The van der Waals surface area contributed by atoms with Crippen molar-refractivity contribution >= 4 is 23.1 Å². The smallest absolute Gasteiger partial charge is 0.300 e. The Morgan fingerprint density at radius 1 is 0.970 bits per heavy atom. The summed E-state index contributed by atoms with van der Waals surface area (Å²) in [6.45, 7) is 1.87. The first-order chi connectivity index (χ1) is 15.8. The van der Waals surface area contributed by atoms with E-state index >= 15 is 0 Å². The highest BCUT2D eigenvalue weighted by Gasteiger charge is 2.47. The number of aliphatic hydroxyl groups is 1. The van der Waals surface area contributed by atoms with Crippen molar-refractivity contribution in [2.45, 2.75) is 13.0 Å². The molecule has 4 rings (SSSR count). The Balaban J connectivity index is 1.97. The fourth-order valence-corrected chi connectivity index (χ4v) is 3.98. The van der Waals surface area contributed by atoms with Crippen LogP contribution in [0.15, 0.2) is 72.3 Å². The predicted octanol–water partition coefficient (Wildman–Crippen LogP) is 4.78. The molecular formula is C26H22FNO5. The topological polar surface area (TPSA) is 76.1 Å². The molecule has 33 heavy (non-hydrogen) atoms. The normalized spacial score (nSPS) is 17.3. The van der Waals surface area contributed by atoms with Gasteiger partial charge in [-0.05, 0) is 54.4 Å². The lowest BCUT2D eigenvalue weighted by Gasteiger charge is -2.26. The highest BCUT2D eigenvalue weighted by Crippen LogP contribution is 2.43. The van der Waals surface area contributed by atoms with Crippen LogP contribution in [0.5, 0.6) is 11.5 Å². The van der Waals surface area contributed by atoms with Gasteiger partial charge in [-0.1, -0.05) is 24.3 Å². The summed E-state index contributed by atoms with van der Waals surface area (Å²) in [5.74, 6) is -1.71. The summed E-state index contributed by atoms with van der Waals surface area (Å²) in [5.41, 5.74) is 1.98. The number of aliphatic hydroxyl groups excluding tert-OH is 1. The predicted molar refractivity (Wildman–Crippen MR) is 122 cm³/mol. The molecule has 0 bridgehead atoms. The zero-order valence-electron chi connectivity index (χ0n) is 18.3. The van der Waals surface area contributed by atoms with E-state index in [4.69, 9.17) is 9.47 Å². The van der Waals surface area contributed by atoms with E-state index in [1.807, 2.05) is 13.0 Å². The van der Waals surface area contributed by atoms with E-state index in [9.17, 15) is 19.1 Å². The average molecular weight is 447 g/mol. The van der Waals surface area contributed by atoms with Crippen molar-refractivity contribution in [1.82, 2.24) is 0 Å². The molecule has 1 aliphatic rings. The van der Waals surface area contributed by atoms with Crippen molar-refractivity contribution in [3.63, 3.8) is 0 Å². The number of benzene rings is 3. The zero-order chi connectivity index (χ0) is 23.7. The van der Waals surface area contributed by atoms with E-state index in [0.29, 0.717) is 17.0 Å². The summed E-state index contributed by atoms with van der Waals surface area (Å²) in [6, 6.07) is 16.4. The number of aryl methyl sites for hydroxylation is 1. The number of Topliss-reactive ketones (excluding diaryl/α,β-unsaturated/α-hetero) is 1. The standard InChI is InChI=1S/C26H22FNO5/c1-15-5-4-6-18(13-15)28-23(16-7-9-17(27)10-8-16)22(25(30)26(28)31)24(29)20-12-11-19(32-2)14-21(20)33-3/h4-14,23,29H,1-3H3/b24-22-. The van der Waals surface area contributed by atoms with Gasteiger partial charge in [-0.15, -0.1) is 0 Å². The molecule has 3 aromatic rings. The molecule has 1 saturated heterocycles. The summed E-state index contributed by atoms with van der Waals surface area (Å²) in [7, 11) is 2.92. The molecule has 1 heterocycles. The number of hydrogen-bond acceptors (Lipinski definition) is 5. The molecule has 6 nitrogen and oxygen atoms in total. The fraction of sp³-hybridized carbons (Fsp3) is 0.154. The second-order valence-electron chi connectivity index (χ2n) is 7.63. The van der Waals surface area contributed by atoms with E-state index in [-0.39, 0.29) is 16.9 Å². The molecule has 1 unspecified atom stereocenters. The first-order valence-corrected chi connectivity index (χ1v) is 10.2. The third-order valence-electron chi connectivity index (χ3n) is 5.57. The quantitative estimate of drug-likeness (QED) is 0.346. The van der Waals surface area contributed by atoms with Gasteiger partial charge in [-0.25, -0.2) is 4.39 Å². The largest absolute Gasteiger partial charge is 0.507 e. The summed E-state index contributed by atoms with van der Waals surface area (Å²) in [5, 5.41) is 11.3. The summed E-state index contributed by atoms with van der Waals surface area (Å²) in [4.78, 5) is 27.7. The van der Waals surface area contributed by atoms with Crippen molar-refractivity contribution in [2.75, 3.05) is 19.1 Å². The monoisotopic (exact) mass is 447 g/mol. The van der Waals surface area contributed by atoms with Crippen LogP contribution in [-0.4, -0.2) is 31.0 Å². The number of ketones is 1. The minimum atomic E-state index is -0.959. The average Bonchev–Trinajstić information content (AvgIpc) is 3.09. The molecule has 168 valence electrons. The molecule has 0 saturated carbocycles. The molecule has 0 spiro atoms. The van der Waals surface area contributed by atoms with Crippen LogP contribution >= 0.6 is 0 Å². The van der Waals surface area contributed by atoms with Gasteiger partial charge in [-0.2, -0.15) is 0 Å². The van der Waals surface area contributed by atoms with Crippen LogP contribution in [0.4, 0.5) is 10.1 Å². The molecule has 0 aliphatic carbocycles. The number of rotatable bonds is 5. The third-order valence-corrected chi connectivity index (χ3v) is 5.57. The molecule has 1 aliphatic heterocycles. The number of carbonyl (C=O) groups is 2. The van der Waals surface area contributed by atoms with Crippen LogP contribution < -0.4 is 14.4 Å². The summed E-state index contributed by atoms with van der Waals surface area (Å²) < 4.78 is 24.2. The highest BCUT2D eigenvalue weighted by atomic mass is 19.1.